The fourth-order valence-corrected chi connectivity index (χ4v) is 1.53. The molecule has 0 spiro atoms. The van der Waals surface area contributed by atoms with E-state index in [4.69, 9.17) is 10.5 Å². The van der Waals surface area contributed by atoms with Gasteiger partial charge >= 0.3 is 0 Å². The van der Waals surface area contributed by atoms with Crippen molar-refractivity contribution in [2.24, 2.45) is 0 Å². The predicted octanol–water partition coefficient (Wildman–Crippen LogP) is 1.90. The van der Waals surface area contributed by atoms with Crippen molar-refractivity contribution in [3.8, 4) is 5.75 Å². The lowest BCUT2D eigenvalue weighted by Crippen LogP contribution is -2.05. The third kappa shape index (κ3) is 2.25. The first-order chi connectivity index (χ1) is 8.22. The number of anilines is 1. The molecular formula is C13H12N2O2. The van der Waals surface area contributed by atoms with Crippen molar-refractivity contribution >= 4 is 11.5 Å². The number of ether oxygens (including phenoxy) is 1. The molecule has 0 saturated carbocycles. The number of hydrogen-bond donors (Lipinski definition) is 1. The van der Waals surface area contributed by atoms with Gasteiger partial charge in [0, 0.05) is 35.3 Å². The van der Waals surface area contributed by atoms with E-state index in [-0.39, 0.29) is 5.78 Å². The molecule has 0 bridgehead atoms. The van der Waals surface area contributed by atoms with Gasteiger partial charge in [-0.2, -0.15) is 0 Å². The number of nitrogen functional groups attached to an aromatic ring is 1. The first-order valence-electron chi connectivity index (χ1n) is 5.10. The number of pyridine rings is 1. The summed E-state index contributed by atoms with van der Waals surface area (Å²) in [6.07, 6.45) is 3.14. The van der Waals surface area contributed by atoms with E-state index in [1.165, 1.54) is 6.20 Å². The molecule has 0 aliphatic carbocycles. The Morgan fingerprint density at radius 1 is 1.35 bits per heavy atom. The zero-order valence-corrected chi connectivity index (χ0v) is 9.38. The average Bonchev–Trinajstić information content (AvgIpc) is 2.39. The van der Waals surface area contributed by atoms with Crippen LogP contribution in [0.25, 0.3) is 0 Å². The first kappa shape index (κ1) is 11.1. The van der Waals surface area contributed by atoms with E-state index >= 15 is 0 Å². The van der Waals surface area contributed by atoms with Crippen LogP contribution in [0.1, 0.15) is 15.9 Å². The summed E-state index contributed by atoms with van der Waals surface area (Å²) in [4.78, 5) is 16.0. The van der Waals surface area contributed by atoms with Gasteiger partial charge in [-0.3, -0.25) is 9.78 Å². The van der Waals surface area contributed by atoms with Crippen LogP contribution in [0.15, 0.2) is 42.7 Å². The summed E-state index contributed by atoms with van der Waals surface area (Å²) in [6, 6.07) is 8.42. The second-order valence-corrected chi connectivity index (χ2v) is 3.52. The van der Waals surface area contributed by atoms with E-state index in [1.807, 2.05) is 0 Å². The minimum absolute atomic E-state index is 0.141. The van der Waals surface area contributed by atoms with Gasteiger partial charge in [0.1, 0.15) is 5.75 Å². The maximum Gasteiger partial charge on any atom is 0.196 e. The van der Waals surface area contributed by atoms with Crippen molar-refractivity contribution in [3.63, 3.8) is 0 Å². The SMILES string of the molecule is COc1ccc(C(=O)c2cccnc2)c(N)c1. The molecule has 4 nitrogen and oxygen atoms in total. The fraction of sp³-hybridized carbons (Fsp3) is 0.0769. The molecule has 0 aliphatic rings. The van der Waals surface area contributed by atoms with Crippen LogP contribution < -0.4 is 10.5 Å². The van der Waals surface area contributed by atoms with Crippen molar-refractivity contribution < 1.29 is 9.53 Å². The van der Waals surface area contributed by atoms with Gasteiger partial charge in [-0.25, -0.2) is 0 Å². The summed E-state index contributed by atoms with van der Waals surface area (Å²) in [5, 5.41) is 0. The van der Waals surface area contributed by atoms with Crippen molar-refractivity contribution in [2.45, 2.75) is 0 Å². The molecule has 0 unspecified atom stereocenters. The molecular weight excluding hydrogens is 216 g/mol. The molecule has 1 aromatic carbocycles. The van der Waals surface area contributed by atoms with Crippen LogP contribution in [-0.4, -0.2) is 17.9 Å². The lowest BCUT2D eigenvalue weighted by atomic mass is 10.0. The molecule has 0 atom stereocenters. The fourth-order valence-electron chi connectivity index (χ4n) is 1.53. The molecule has 86 valence electrons. The van der Waals surface area contributed by atoms with Crippen molar-refractivity contribution in [3.05, 3.63) is 53.9 Å². The Bertz CT molecular complexity index is 538. The lowest BCUT2D eigenvalue weighted by molar-refractivity contribution is 0.103. The quantitative estimate of drug-likeness (QED) is 0.643. The third-order valence-corrected chi connectivity index (χ3v) is 2.43. The summed E-state index contributed by atoms with van der Waals surface area (Å²) < 4.78 is 5.03. The Labute approximate surface area is 99.1 Å². The highest BCUT2D eigenvalue weighted by Crippen LogP contribution is 2.21. The number of aromatic nitrogens is 1. The maximum absolute atomic E-state index is 12.1. The molecule has 0 saturated heterocycles. The van der Waals surface area contributed by atoms with Crippen LogP contribution in [0.4, 0.5) is 5.69 Å². The Kier molecular flexibility index (Phi) is 3.05. The number of hydrogen-bond acceptors (Lipinski definition) is 4. The molecule has 17 heavy (non-hydrogen) atoms. The van der Waals surface area contributed by atoms with Crippen molar-refractivity contribution in [1.82, 2.24) is 4.98 Å². The smallest absolute Gasteiger partial charge is 0.196 e. The van der Waals surface area contributed by atoms with Crippen LogP contribution >= 0.6 is 0 Å². The number of benzene rings is 1. The summed E-state index contributed by atoms with van der Waals surface area (Å²) in [5.41, 5.74) is 7.19. The third-order valence-electron chi connectivity index (χ3n) is 2.43. The predicted molar refractivity (Wildman–Crippen MR) is 65.1 cm³/mol. The number of rotatable bonds is 3. The number of nitrogens with two attached hydrogens (primary N) is 1. The first-order valence-corrected chi connectivity index (χ1v) is 5.10. The second-order valence-electron chi connectivity index (χ2n) is 3.52. The van der Waals surface area contributed by atoms with Crippen LogP contribution in [0.5, 0.6) is 5.75 Å². The summed E-state index contributed by atoms with van der Waals surface area (Å²) >= 11 is 0. The Hall–Kier alpha value is -2.36. The van der Waals surface area contributed by atoms with Crippen LogP contribution in [0.3, 0.4) is 0 Å². The van der Waals surface area contributed by atoms with E-state index in [0.717, 1.165) is 0 Å². The van der Waals surface area contributed by atoms with Gasteiger partial charge in [-0.05, 0) is 24.3 Å². The van der Waals surface area contributed by atoms with E-state index in [9.17, 15) is 4.79 Å². The van der Waals surface area contributed by atoms with E-state index in [0.29, 0.717) is 22.6 Å². The van der Waals surface area contributed by atoms with Crippen LogP contribution in [0, 0.1) is 0 Å². The monoisotopic (exact) mass is 228 g/mol. The molecule has 2 rings (SSSR count). The summed E-state index contributed by atoms with van der Waals surface area (Å²) in [6.45, 7) is 0. The maximum atomic E-state index is 12.1. The summed E-state index contributed by atoms with van der Waals surface area (Å²) in [5.74, 6) is 0.489. The van der Waals surface area contributed by atoms with E-state index in [1.54, 1.807) is 43.6 Å². The zero-order chi connectivity index (χ0) is 12.3. The zero-order valence-electron chi connectivity index (χ0n) is 9.38. The van der Waals surface area contributed by atoms with Crippen molar-refractivity contribution in [1.29, 1.82) is 0 Å². The van der Waals surface area contributed by atoms with Crippen molar-refractivity contribution in [2.75, 3.05) is 12.8 Å². The van der Waals surface area contributed by atoms with Gasteiger partial charge in [0.15, 0.2) is 5.78 Å². The van der Waals surface area contributed by atoms with Crippen LogP contribution in [-0.2, 0) is 0 Å². The normalized spacial score (nSPS) is 9.94. The molecule has 1 aromatic heterocycles. The minimum atomic E-state index is -0.141. The number of methoxy groups -OCH3 is 1. The largest absolute Gasteiger partial charge is 0.497 e. The molecule has 1 heterocycles. The minimum Gasteiger partial charge on any atom is -0.497 e. The molecule has 2 N–H and O–H groups in total. The number of ketones is 1. The second kappa shape index (κ2) is 4.65. The van der Waals surface area contributed by atoms with E-state index in [2.05, 4.69) is 4.98 Å². The standard InChI is InChI=1S/C13H12N2O2/c1-17-10-4-5-11(12(14)7-10)13(16)9-3-2-6-15-8-9/h2-8H,14H2,1H3. The molecule has 0 radical (unpaired) electrons. The highest BCUT2D eigenvalue weighted by molar-refractivity contribution is 6.12. The summed E-state index contributed by atoms with van der Waals surface area (Å²) in [7, 11) is 1.55. The number of carbonyl (C=O) groups excluding carboxylic acids is 1. The number of carbonyl (C=O) groups is 1. The molecule has 2 aromatic rings. The molecule has 0 fully saturated rings. The Balaban J connectivity index is 2.38. The Morgan fingerprint density at radius 3 is 2.76 bits per heavy atom. The Morgan fingerprint density at radius 2 is 2.18 bits per heavy atom. The highest BCUT2D eigenvalue weighted by Gasteiger charge is 2.12. The van der Waals surface area contributed by atoms with Gasteiger partial charge in [-0.1, -0.05) is 0 Å². The number of nitrogens with zero attached hydrogens (tertiary/aromatic N) is 1. The molecule has 0 aliphatic heterocycles. The van der Waals surface area contributed by atoms with Gasteiger partial charge in [-0.15, -0.1) is 0 Å². The highest BCUT2D eigenvalue weighted by atomic mass is 16.5. The molecule has 4 heteroatoms. The van der Waals surface area contributed by atoms with Gasteiger partial charge < -0.3 is 10.5 Å². The van der Waals surface area contributed by atoms with E-state index < -0.39 is 0 Å². The lowest BCUT2D eigenvalue weighted by Gasteiger charge is -2.06. The van der Waals surface area contributed by atoms with Crippen LogP contribution in [0.2, 0.25) is 0 Å². The molecule has 0 amide bonds. The topological polar surface area (TPSA) is 65.2 Å². The van der Waals surface area contributed by atoms with Gasteiger partial charge in [0.2, 0.25) is 0 Å². The average molecular weight is 228 g/mol. The van der Waals surface area contributed by atoms with Gasteiger partial charge in [0.25, 0.3) is 0 Å². The van der Waals surface area contributed by atoms with Gasteiger partial charge in [0.05, 0.1) is 7.11 Å².